The SMILES string of the molecule is CC(NCCSc1nc2ccccc2o1)C1CC1. The van der Waals surface area contributed by atoms with Crippen LogP contribution in [0.5, 0.6) is 0 Å². The fourth-order valence-electron chi connectivity index (χ4n) is 2.10. The molecular formula is C14H18N2OS. The summed E-state index contributed by atoms with van der Waals surface area (Å²) in [7, 11) is 0. The first-order valence-corrected chi connectivity index (χ1v) is 7.53. The van der Waals surface area contributed by atoms with Crippen LogP contribution < -0.4 is 5.32 Å². The lowest BCUT2D eigenvalue weighted by molar-refractivity contribution is 0.487. The van der Waals surface area contributed by atoms with Crippen molar-refractivity contribution in [1.29, 1.82) is 0 Å². The minimum atomic E-state index is 0.661. The van der Waals surface area contributed by atoms with Gasteiger partial charge in [0.15, 0.2) is 5.58 Å². The number of fused-ring (bicyclic) bond motifs is 1. The molecule has 1 fully saturated rings. The molecule has 0 radical (unpaired) electrons. The van der Waals surface area contributed by atoms with E-state index in [-0.39, 0.29) is 0 Å². The highest BCUT2D eigenvalue weighted by atomic mass is 32.2. The van der Waals surface area contributed by atoms with E-state index in [1.54, 1.807) is 11.8 Å². The Morgan fingerprint density at radius 3 is 3.06 bits per heavy atom. The summed E-state index contributed by atoms with van der Waals surface area (Å²) in [4.78, 5) is 4.45. The first-order valence-electron chi connectivity index (χ1n) is 6.55. The Morgan fingerprint density at radius 2 is 2.28 bits per heavy atom. The number of thioether (sulfide) groups is 1. The highest BCUT2D eigenvalue weighted by Gasteiger charge is 2.27. The molecule has 0 saturated heterocycles. The average molecular weight is 262 g/mol. The summed E-state index contributed by atoms with van der Waals surface area (Å²) in [5.41, 5.74) is 1.82. The van der Waals surface area contributed by atoms with Gasteiger partial charge in [-0.15, -0.1) is 0 Å². The van der Waals surface area contributed by atoms with Gasteiger partial charge in [-0.3, -0.25) is 0 Å². The Bertz CT molecular complexity index is 488. The van der Waals surface area contributed by atoms with E-state index in [1.807, 2.05) is 24.3 Å². The number of hydrogen-bond acceptors (Lipinski definition) is 4. The van der Waals surface area contributed by atoms with Crippen molar-refractivity contribution < 1.29 is 4.42 Å². The molecule has 1 aromatic carbocycles. The standard InChI is InChI=1S/C14H18N2OS/c1-10(11-6-7-11)15-8-9-18-14-16-12-4-2-3-5-13(12)17-14/h2-5,10-11,15H,6-9H2,1H3. The molecule has 1 aliphatic rings. The lowest BCUT2D eigenvalue weighted by Gasteiger charge is -2.11. The van der Waals surface area contributed by atoms with Crippen molar-refractivity contribution in [2.75, 3.05) is 12.3 Å². The second kappa shape index (κ2) is 5.33. The maximum Gasteiger partial charge on any atom is 0.256 e. The molecule has 0 amide bonds. The smallest absolute Gasteiger partial charge is 0.256 e. The Morgan fingerprint density at radius 1 is 1.44 bits per heavy atom. The van der Waals surface area contributed by atoms with Crippen molar-refractivity contribution >= 4 is 22.9 Å². The molecule has 3 nitrogen and oxygen atoms in total. The van der Waals surface area contributed by atoms with Crippen LogP contribution in [0.25, 0.3) is 11.1 Å². The summed E-state index contributed by atoms with van der Waals surface area (Å²) < 4.78 is 5.66. The summed E-state index contributed by atoms with van der Waals surface area (Å²) in [5.74, 6) is 1.92. The zero-order chi connectivity index (χ0) is 12.4. The van der Waals surface area contributed by atoms with Crippen molar-refractivity contribution in [3.05, 3.63) is 24.3 Å². The van der Waals surface area contributed by atoms with E-state index in [0.29, 0.717) is 6.04 Å². The third-order valence-corrected chi connectivity index (χ3v) is 4.23. The molecule has 96 valence electrons. The van der Waals surface area contributed by atoms with Gasteiger partial charge in [-0.2, -0.15) is 0 Å². The van der Waals surface area contributed by atoms with E-state index in [4.69, 9.17) is 4.42 Å². The second-order valence-corrected chi connectivity index (χ2v) is 5.92. The maximum atomic E-state index is 5.66. The third-order valence-electron chi connectivity index (χ3n) is 3.40. The zero-order valence-electron chi connectivity index (χ0n) is 10.6. The van der Waals surface area contributed by atoms with Crippen molar-refractivity contribution in [2.24, 2.45) is 5.92 Å². The number of aromatic nitrogens is 1. The lowest BCUT2D eigenvalue weighted by atomic mass is 10.2. The normalized spacial score (nSPS) is 17.2. The van der Waals surface area contributed by atoms with Crippen LogP contribution in [-0.2, 0) is 0 Å². The Labute approximate surface area is 111 Å². The number of benzene rings is 1. The van der Waals surface area contributed by atoms with Crippen LogP contribution >= 0.6 is 11.8 Å². The third kappa shape index (κ3) is 2.87. The summed E-state index contributed by atoms with van der Waals surface area (Å²) in [6.45, 7) is 3.29. The molecule has 1 aliphatic carbocycles. The topological polar surface area (TPSA) is 38.1 Å². The van der Waals surface area contributed by atoms with Crippen LogP contribution in [0.1, 0.15) is 19.8 Å². The molecule has 1 aromatic heterocycles. The van der Waals surface area contributed by atoms with Crippen LogP contribution in [0.2, 0.25) is 0 Å². The van der Waals surface area contributed by atoms with Crippen molar-refractivity contribution in [2.45, 2.75) is 31.0 Å². The van der Waals surface area contributed by atoms with E-state index in [1.165, 1.54) is 12.8 Å². The van der Waals surface area contributed by atoms with Crippen molar-refractivity contribution in [3.8, 4) is 0 Å². The van der Waals surface area contributed by atoms with E-state index >= 15 is 0 Å². The molecule has 0 bridgehead atoms. The van der Waals surface area contributed by atoms with Gasteiger partial charge in [0.2, 0.25) is 0 Å². The van der Waals surface area contributed by atoms with E-state index in [9.17, 15) is 0 Å². The number of oxazole rings is 1. The fourth-order valence-corrected chi connectivity index (χ4v) is 2.81. The van der Waals surface area contributed by atoms with Gasteiger partial charge in [0.1, 0.15) is 5.52 Å². The van der Waals surface area contributed by atoms with Gasteiger partial charge >= 0.3 is 0 Å². The summed E-state index contributed by atoms with van der Waals surface area (Å²) in [5, 5.41) is 4.33. The summed E-state index contributed by atoms with van der Waals surface area (Å²) in [6.07, 6.45) is 2.79. The average Bonchev–Trinajstić information content (AvgIpc) is 3.14. The minimum absolute atomic E-state index is 0.661. The van der Waals surface area contributed by atoms with Crippen LogP contribution in [0.4, 0.5) is 0 Å². The molecular weight excluding hydrogens is 244 g/mol. The van der Waals surface area contributed by atoms with Crippen LogP contribution in [-0.4, -0.2) is 23.3 Å². The zero-order valence-corrected chi connectivity index (χ0v) is 11.4. The number of nitrogens with zero attached hydrogens (tertiary/aromatic N) is 1. The van der Waals surface area contributed by atoms with E-state index in [0.717, 1.165) is 34.5 Å². The molecule has 0 spiro atoms. The van der Waals surface area contributed by atoms with Crippen LogP contribution in [0.3, 0.4) is 0 Å². The Kier molecular flexibility index (Phi) is 3.57. The Balaban J connectivity index is 1.47. The monoisotopic (exact) mass is 262 g/mol. The van der Waals surface area contributed by atoms with Crippen LogP contribution in [0.15, 0.2) is 33.9 Å². The highest BCUT2D eigenvalue weighted by Crippen LogP contribution is 2.32. The quantitative estimate of drug-likeness (QED) is 0.640. The maximum absolute atomic E-state index is 5.66. The largest absolute Gasteiger partial charge is 0.431 e. The van der Waals surface area contributed by atoms with Gasteiger partial charge in [-0.25, -0.2) is 4.98 Å². The molecule has 4 heteroatoms. The molecule has 1 heterocycles. The van der Waals surface area contributed by atoms with Crippen molar-refractivity contribution in [3.63, 3.8) is 0 Å². The number of rotatable bonds is 6. The number of nitrogens with one attached hydrogen (secondary N) is 1. The van der Waals surface area contributed by atoms with Crippen molar-refractivity contribution in [1.82, 2.24) is 10.3 Å². The minimum Gasteiger partial charge on any atom is -0.431 e. The van der Waals surface area contributed by atoms with Gasteiger partial charge in [-0.05, 0) is 37.8 Å². The van der Waals surface area contributed by atoms with E-state index < -0.39 is 0 Å². The first-order chi connectivity index (χ1) is 8.83. The Hall–Kier alpha value is -1.00. The molecule has 3 rings (SSSR count). The highest BCUT2D eigenvalue weighted by molar-refractivity contribution is 7.99. The molecule has 1 unspecified atom stereocenters. The van der Waals surface area contributed by atoms with Crippen LogP contribution in [0, 0.1) is 5.92 Å². The molecule has 1 saturated carbocycles. The predicted octanol–water partition coefficient (Wildman–Crippen LogP) is 3.31. The van der Waals surface area contributed by atoms with Gasteiger partial charge < -0.3 is 9.73 Å². The van der Waals surface area contributed by atoms with Gasteiger partial charge in [0, 0.05) is 18.3 Å². The van der Waals surface area contributed by atoms with Gasteiger partial charge in [-0.1, -0.05) is 23.9 Å². The predicted molar refractivity (Wildman–Crippen MR) is 74.9 cm³/mol. The first kappa shape index (κ1) is 12.1. The number of para-hydroxylation sites is 2. The molecule has 1 atom stereocenters. The summed E-state index contributed by atoms with van der Waals surface area (Å²) >= 11 is 1.68. The number of hydrogen-bond donors (Lipinski definition) is 1. The fraction of sp³-hybridized carbons (Fsp3) is 0.500. The molecule has 0 aliphatic heterocycles. The molecule has 18 heavy (non-hydrogen) atoms. The second-order valence-electron chi connectivity index (χ2n) is 4.88. The van der Waals surface area contributed by atoms with E-state index in [2.05, 4.69) is 17.2 Å². The molecule has 1 N–H and O–H groups in total. The molecule has 2 aromatic rings. The lowest BCUT2D eigenvalue weighted by Crippen LogP contribution is -2.29. The van der Waals surface area contributed by atoms with Gasteiger partial charge in [0.05, 0.1) is 0 Å². The van der Waals surface area contributed by atoms with Gasteiger partial charge in [0.25, 0.3) is 5.22 Å². The summed E-state index contributed by atoms with van der Waals surface area (Å²) in [6, 6.07) is 8.56.